The standard InChI is InChI=1S/C15H21BrN2O2/c1-11-9-17(2)6-7-18(11)10-14(19)12-4-5-15(20-3)13(16)8-12/h4-5,8,11H,6-7,9-10H2,1-3H3. The zero-order valence-electron chi connectivity index (χ0n) is 12.2. The molecule has 20 heavy (non-hydrogen) atoms. The normalized spacial score (nSPS) is 20.9. The zero-order chi connectivity index (χ0) is 14.7. The molecule has 5 heteroatoms. The molecule has 1 saturated heterocycles. The lowest BCUT2D eigenvalue weighted by Crippen LogP contribution is -2.51. The van der Waals surface area contributed by atoms with E-state index in [1.54, 1.807) is 7.11 Å². The van der Waals surface area contributed by atoms with Crippen LogP contribution in [0.3, 0.4) is 0 Å². The lowest BCUT2D eigenvalue weighted by Gasteiger charge is -2.37. The third-order valence-corrected chi connectivity index (χ3v) is 4.41. The molecule has 110 valence electrons. The molecule has 2 rings (SSSR count). The maximum atomic E-state index is 12.4. The fourth-order valence-corrected chi connectivity index (χ4v) is 3.07. The lowest BCUT2D eigenvalue weighted by atomic mass is 10.1. The number of hydrogen-bond donors (Lipinski definition) is 0. The number of Topliss-reactive ketones (excluding diaryl/α,β-unsaturated/α-hetero) is 1. The SMILES string of the molecule is COc1ccc(C(=O)CN2CCN(C)CC2C)cc1Br. The molecule has 1 atom stereocenters. The number of carbonyl (C=O) groups is 1. The number of halogens is 1. The molecule has 1 heterocycles. The van der Waals surface area contributed by atoms with E-state index in [4.69, 9.17) is 4.74 Å². The van der Waals surface area contributed by atoms with E-state index in [0.29, 0.717) is 12.6 Å². The summed E-state index contributed by atoms with van der Waals surface area (Å²) >= 11 is 3.42. The number of ketones is 1. The average Bonchev–Trinajstić information content (AvgIpc) is 2.41. The van der Waals surface area contributed by atoms with Crippen LogP contribution >= 0.6 is 15.9 Å². The molecule has 0 spiro atoms. The van der Waals surface area contributed by atoms with Crippen LogP contribution in [0.1, 0.15) is 17.3 Å². The molecule has 0 aromatic heterocycles. The maximum absolute atomic E-state index is 12.4. The third kappa shape index (κ3) is 3.59. The fourth-order valence-electron chi connectivity index (χ4n) is 2.53. The van der Waals surface area contributed by atoms with Crippen LogP contribution in [-0.4, -0.2) is 62.0 Å². The van der Waals surface area contributed by atoms with Crippen LogP contribution < -0.4 is 4.74 Å². The zero-order valence-corrected chi connectivity index (χ0v) is 13.8. The summed E-state index contributed by atoms with van der Waals surface area (Å²) in [5.74, 6) is 0.902. The Balaban J connectivity index is 2.03. The Morgan fingerprint density at radius 1 is 1.45 bits per heavy atom. The van der Waals surface area contributed by atoms with Crippen molar-refractivity contribution in [2.24, 2.45) is 0 Å². The summed E-state index contributed by atoms with van der Waals surface area (Å²) in [5, 5.41) is 0. The predicted octanol–water partition coefficient (Wildman–Crippen LogP) is 2.28. The quantitative estimate of drug-likeness (QED) is 0.787. The Morgan fingerprint density at radius 3 is 2.80 bits per heavy atom. The highest BCUT2D eigenvalue weighted by Gasteiger charge is 2.23. The number of hydrogen-bond acceptors (Lipinski definition) is 4. The number of likely N-dealkylation sites (N-methyl/N-ethyl adjacent to an activating group) is 1. The van der Waals surface area contributed by atoms with Gasteiger partial charge in [0, 0.05) is 31.2 Å². The number of benzene rings is 1. The second kappa shape index (κ2) is 6.70. The van der Waals surface area contributed by atoms with Crippen molar-refractivity contribution in [1.82, 2.24) is 9.80 Å². The Morgan fingerprint density at radius 2 is 2.20 bits per heavy atom. The smallest absolute Gasteiger partial charge is 0.176 e. The predicted molar refractivity (Wildman–Crippen MR) is 83.6 cm³/mol. The maximum Gasteiger partial charge on any atom is 0.176 e. The first kappa shape index (κ1) is 15.5. The minimum absolute atomic E-state index is 0.157. The van der Waals surface area contributed by atoms with Crippen molar-refractivity contribution in [2.45, 2.75) is 13.0 Å². The number of carbonyl (C=O) groups excluding carboxylic acids is 1. The van der Waals surface area contributed by atoms with Crippen molar-refractivity contribution in [3.63, 3.8) is 0 Å². The second-order valence-corrected chi connectivity index (χ2v) is 6.21. The van der Waals surface area contributed by atoms with E-state index in [1.165, 1.54) is 0 Å². The van der Waals surface area contributed by atoms with E-state index in [1.807, 2.05) is 18.2 Å². The van der Waals surface area contributed by atoms with Gasteiger partial charge in [0.2, 0.25) is 0 Å². The minimum atomic E-state index is 0.157. The average molecular weight is 341 g/mol. The van der Waals surface area contributed by atoms with Gasteiger partial charge in [0.1, 0.15) is 5.75 Å². The van der Waals surface area contributed by atoms with Gasteiger partial charge in [0.05, 0.1) is 18.1 Å². The van der Waals surface area contributed by atoms with Crippen LogP contribution in [0.25, 0.3) is 0 Å². The van der Waals surface area contributed by atoms with Gasteiger partial charge in [-0.3, -0.25) is 9.69 Å². The number of nitrogens with zero attached hydrogens (tertiary/aromatic N) is 2. The van der Waals surface area contributed by atoms with Crippen molar-refractivity contribution < 1.29 is 9.53 Å². The summed E-state index contributed by atoms with van der Waals surface area (Å²) in [7, 11) is 3.74. The summed E-state index contributed by atoms with van der Waals surface area (Å²) in [5.41, 5.74) is 0.726. The first-order chi connectivity index (χ1) is 9.51. The molecule has 0 radical (unpaired) electrons. The molecule has 1 fully saturated rings. The van der Waals surface area contributed by atoms with E-state index in [0.717, 1.165) is 35.4 Å². The van der Waals surface area contributed by atoms with Crippen LogP contribution in [0, 0.1) is 0 Å². The van der Waals surface area contributed by atoms with Crippen LogP contribution in [0.4, 0.5) is 0 Å². The summed E-state index contributed by atoms with van der Waals surface area (Å²) in [6, 6.07) is 5.90. The van der Waals surface area contributed by atoms with Gasteiger partial charge in [-0.05, 0) is 48.1 Å². The second-order valence-electron chi connectivity index (χ2n) is 5.35. The molecule has 0 amide bonds. The molecule has 1 aliphatic heterocycles. The van der Waals surface area contributed by atoms with Gasteiger partial charge in [0.15, 0.2) is 5.78 Å². The monoisotopic (exact) mass is 340 g/mol. The van der Waals surface area contributed by atoms with Crippen LogP contribution in [0.2, 0.25) is 0 Å². The Hall–Kier alpha value is -0.910. The molecule has 0 N–H and O–H groups in total. The highest BCUT2D eigenvalue weighted by atomic mass is 79.9. The van der Waals surface area contributed by atoms with Crippen molar-refractivity contribution in [3.05, 3.63) is 28.2 Å². The number of ether oxygens (including phenoxy) is 1. The third-order valence-electron chi connectivity index (χ3n) is 3.79. The highest BCUT2D eigenvalue weighted by molar-refractivity contribution is 9.10. The topological polar surface area (TPSA) is 32.8 Å². The highest BCUT2D eigenvalue weighted by Crippen LogP contribution is 2.25. The number of piperazine rings is 1. The van der Waals surface area contributed by atoms with E-state index < -0.39 is 0 Å². The lowest BCUT2D eigenvalue weighted by molar-refractivity contribution is 0.0747. The first-order valence-electron chi connectivity index (χ1n) is 6.80. The van der Waals surface area contributed by atoms with Crippen molar-refractivity contribution in [2.75, 3.05) is 40.3 Å². The van der Waals surface area contributed by atoms with Gasteiger partial charge < -0.3 is 9.64 Å². The molecule has 0 saturated carbocycles. The molecule has 4 nitrogen and oxygen atoms in total. The van der Waals surface area contributed by atoms with Gasteiger partial charge in [0.25, 0.3) is 0 Å². The fraction of sp³-hybridized carbons (Fsp3) is 0.533. The molecule has 1 unspecified atom stereocenters. The Bertz CT molecular complexity index is 493. The number of methoxy groups -OCH3 is 1. The van der Waals surface area contributed by atoms with Gasteiger partial charge in [-0.15, -0.1) is 0 Å². The minimum Gasteiger partial charge on any atom is -0.496 e. The van der Waals surface area contributed by atoms with E-state index in [-0.39, 0.29) is 5.78 Å². The van der Waals surface area contributed by atoms with Gasteiger partial charge in [-0.2, -0.15) is 0 Å². The summed E-state index contributed by atoms with van der Waals surface area (Å²) in [6.07, 6.45) is 0. The van der Waals surface area contributed by atoms with Gasteiger partial charge in [-0.25, -0.2) is 0 Å². The largest absolute Gasteiger partial charge is 0.496 e. The summed E-state index contributed by atoms with van der Waals surface area (Å²) in [4.78, 5) is 16.9. The molecule has 1 aromatic carbocycles. The van der Waals surface area contributed by atoms with Crippen LogP contribution in [-0.2, 0) is 0 Å². The van der Waals surface area contributed by atoms with Crippen molar-refractivity contribution in [1.29, 1.82) is 0 Å². The first-order valence-corrected chi connectivity index (χ1v) is 7.60. The van der Waals surface area contributed by atoms with Crippen molar-refractivity contribution >= 4 is 21.7 Å². The van der Waals surface area contributed by atoms with Crippen LogP contribution in [0.15, 0.2) is 22.7 Å². The molecule has 0 bridgehead atoms. The molecule has 1 aliphatic rings. The molecular weight excluding hydrogens is 320 g/mol. The van der Waals surface area contributed by atoms with Crippen LogP contribution in [0.5, 0.6) is 5.75 Å². The molecule has 0 aliphatic carbocycles. The Kier molecular flexibility index (Phi) is 5.18. The summed E-state index contributed by atoms with van der Waals surface area (Å²) in [6.45, 7) is 5.63. The van der Waals surface area contributed by atoms with Gasteiger partial charge in [-0.1, -0.05) is 0 Å². The van der Waals surface area contributed by atoms with Gasteiger partial charge >= 0.3 is 0 Å². The molecule has 1 aromatic rings. The van der Waals surface area contributed by atoms with E-state index >= 15 is 0 Å². The summed E-state index contributed by atoms with van der Waals surface area (Å²) < 4.78 is 6.00. The van der Waals surface area contributed by atoms with Crippen molar-refractivity contribution in [3.8, 4) is 5.75 Å². The van der Waals surface area contributed by atoms with E-state index in [2.05, 4.69) is 39.7 Å². The Labute approximate surface area is 128 Å². The molecular formula is C15H21BrN2O2. The van der Waals surface area contributed by atoms with E-state index in [9.17, 15) is 4.79 Å². The number of rotatable bonds is 4.